The van der Waals surface area contributed by atoms with E-state index in [1.165, 1.54) is 0 Å². The highest BCUT2D eigenvalue weighted by atomic mass is 35.5. The van der Waals surface area contributed by atoms with Crippen molar-refractivity contribution in [3.8, 4) is 29.0 Å². The average molecular weight is 501 g/mol. The molecule has 0 fully saturated rings. The summed E-state index contributed by atoms with van der Waals surface area (Å²) in [4.78, 5) is 11.4. The monoisotopic (exact) mass is 500 g/mol. The van der Waals surface area contributed by atoms with Crippen LogP contribution in [0.1, 0.15) is 38.2 Å². The van der Waals surface area contributed by atoms with Crippen LogP contribution in [0.15, 0.2) is 73.6 Å². The van der Waals surface area contributed by atoms with Crippen LogP contribution in [0.25, 0.3) is 28.1 Å². The molecule has 0 amide bonds. The van der Waals surface area contributed by atoms with Crippen LogP contribution in [-0.2, 0) is 0 Å². The van der Waals surface area contributed by atoms with Crippen LogP contribution >= 0.6 is 11.6 Å². The van der Waals surface area contributed by atoms with Gasteiger partial charge in [0, 0.05) is 30.1 Å². The minimum absolute atomic E-state index is 0.228. The van der Waals surface area contributed by atoms with Crippen molar-refractivity contribution in [1.82, 2.24) is 14.5 Å². The minimum atomic E-state index is -0.433. The number of allylic oxidation sites excluding steroid dienone is 1. The molecule has 3 aromatic heterocycles. The van der Waals surface area contributed by atoms with E-state index in [1.807, 2.05) is 66.6 Å². The second-order valence-electron chi connectivity index (χ2n) is 8.65. The number of fused-ring (bicyclic) bond motifs is 1. The first-order valence-corrected chi connectivity index (χ1v) is 12.6. The van der Waals surface area contributed by atoms with E-state index in [-0.39, 0.29) is 6.04 Å². The molecule has 4 aromatic rings. The lowest BCUT2D eigenvalue weighted by molar-refractivity contribution is 0.404. The summed E-state index contributed by atoms with van der Waals surface area (Å²) >= 11 is 6.41. The van der Waals surface area contributed by atoms with Gasteiger partial charge in [0.15, 0.2) is 0 Å². The summed E-state index contributed by atoms with van der Waals surface area (Å²) in [7, 11) is 1.90. The van der Waals surface area contributed by atoms with Gasteiger partial charge in [0.2, 0.25) is 0 Å². The number of anilines is 1. The number of rotatable bonds is 9. The van der Waals surface area contributed by atoms with Crippen molar-refractivity contribution in [3.05, 3.63) is 84.2 Å². The number of nitrogens with zero attached hydrogens (tertiary/aromatic N) is 4. The predicted molar refractivity (Wildman–Crippen MR) is 149 cm³/mol. The van der Waals surface area contributed by atoms with Crippen LogP contribution in [0.5, 0.6) is 0 Å². The molecule has 4 nitrogen and oxygen atoms in total. The summed E-state index contributed by atoms with van der Waals surface area (Å²) in [5, 5.41) is 1.60. The Balaban J connectivity index is 1.89. The molecule has 184 valence electrons. The third-order valence-corrected chi connectivity index (χ3v) is 6.46. The number of halogens is 2. The third-order valence-electron chi connectivity index (χ3n) is 6.22. The maximum atomic E-state index is 13.7. The standard InChI is InChI=1S/C30H30ClFN4/c1-4-6-8-12-25-26-19-22(31)14-17-28(26)36(29-13-9-10-18-33-29)30(25)27-16-15-24(21-34-27)35(3)23(20-32)11-7-5-2/h5,9-10,13-19,21,23H,2,4,6-7,11,20H2,1,3H3. The van der Waals surface area contributed by atoms with Gasteiger partial charge < -0.3 is 4.90 Å². The van der Waals surface area contributed by atoms with Crippen molar-refractivity contribution >= 4 is 28.2 Å². The van der Waals surface area contributed by atoms with Gasteiger partial charge in [-0.15, -0.1) is 6.58 Å². The van der Waals surface area contributed by atoms with Crippen molar-refractivity contribution in [3.63, 3.8) is 0 Å². The maximum absolute atomic E-state index is 13.7. The Morgan fingerprint density at radius 2 is 2.06 bits per heavy atom. The Bertz CT molecular complexity index is 1380. The highest BCUT2D eigenvalue weighted by Crippen LogP contribution is 2.36. The summed E-state index contributed by atoms with van der Waals surface area (Å²) in [6.07, 6.45) is 8.62. The second-order valence-corrected chi connectivity index (χ2v) is 9.08. The van der Waals surface area contributed by atoms with Gasteiger partial charge in [0.1, 0.15) is 12.5 Å². The predicted octanol–water partition coefficient (Wildman–Crippen LogP) is 7.63. The van der Waals surface area contributed by atoms with Crippen LogP contribution in [0.2, 0.25) is 5.02 Å². The Morgan fingerprint density at radius 1 is 1.19 bits per heavy atom. The van der Waals surface area contributed by atoms with Gasteiger partial charge in [-0.25, -0.2) is 9.37 Å². The Labute approximate surface area is 217 Å². The van der Waals surface area contributed by atoms with Gasteiger partial charge in [0.05, 0.1) is 40.4 Å². The van der Waals surface area contributed by atoms with Crippen LogP contribution in [-0.4, -0.2) is 34.3 Å². The third kappa shape index (κ3) is 5.29. The molecule has 0 saturated heterocycles. The topological polar surface area (TPSA) is 34.0 Å². The highest BCUT2D eigenvalue weighted by Gasteiger charge is 2.22. The number of unbranched alkanes of at least 4 members (excludes halogenated alkanes) is 1. The molecule has 0 spiro atoms. The lowest BCUT2D eigenvalue weighted by atomic mass is 10.1. The zero-order valence-corrected chi connectivity index (χ0v) is 21.5. The maximum Gasteiger partial charge on any atom is 0.137 e. The van der Waals surface area contributed by atoms with Crippen molar-refractivity contribution in [2.75, 3.05) is 18.6 Å². The normalized spacial score (nSPS) is 11.7. The molecule has 36 heavy (non-hydrogen) atoms. The molecule has 0 aliphatic heterocycles. The fourth-order valence-electron chi connectivity index (χ4n) is 4.26. The molecular weight excluding hydrogens is 471 g/mol. The van der Waals surface area contributed by atoms with E-state index in [0.29, 0.717) is 11.4 Å². The van der Waals surface area contributed by atoms with Gasteiger partial charge in [-0.05, 0) is 61.7 Å². The van der Waals surface area contributed by atoms with E-state index in [0.717, 1.165) is 58.6 Å². The Kier molecular flexibility index (Phi) is 8.40. The summed E-state index contributed by atoms with van der Waals surface area (Å²) < 4.78 is 15.8. The van der Waals surface area contributed by atoms with Gasteiger partial charge in [-0.1, -0.05) is 42.5 Å². The summed E-state index contributed by atoms with van der Waals surface area (Å²) in [5.74, 6) is 7.46. The number of hydrogen-bond acceptors (Lipinski definition) is 3. The largest absolute Gasteiger partial charge is 0.368 e. The second kappa shape index (κ2) is 11.9. The number of aromatic nitrogens is 3. The molecule has 1 atom stereocenters. The van der Waals surface area contributed by atoms with Crippen LogP contribution in [0.3, 0.4) is 0 Å². The van der Waals surface area contributed by atoms with Crippen LogP contribution < -0.4 is 4.90 Å². The summed E-state index contributed by atoms with van der Waals surface area (Å²) in [6, 6.07) is 15.4. The molecule has 0 saturated carbocycles. The number of alkyl halides is 1. The molecule has 1 aromatic carbocycles. The van der Waals surface area contributed by atoms with Crippen molar-refractivity contribution < 1.29 is 4.39 Å². The molecule has 0 aliphatic rings. The van der Waals surface area contributed by atoms with Crippen molar-refractivity contribution in [2.45, 2.75) is 38.6 Å². The molecule has 3 heterocycles. The molecular formula is C30H30ClFN4. The zero-order valence-electron chi connectivity index (χ0n) is 20.7. The first kappa shape index (κ1) is 25.5. The quantitative estimate of drug-likeness (QED) is 0.175. The van der Waals surface area contributed by atoms with E-state index < -0.39 is 6.67 Å². The van der Waals surface area contributed by atoms with Crippen LogP contribution in [0.4, 0.5) is 10.1 Å². The molecule has 0 N–H and O–H groups in total. The highest BCUT2D eigenvalue weighted by molar-refractivity contribution is 6.31. The molecule has 4 rings (SSSR count). The minimum Gasteiger partial charge on any atom is -0.368 e. The van der Waals surface area contributed by atoms with E-state index in [4.69, 9.17) is 16.6 Å². The molecule has 1 unspecified atom stereocenters. The fraction of sp³-hybridized carbons (Fsp3) is 0.267. The van der Waals surface area contributed by atoms with Gasteiger partial charge in [0.25, 0.3) is 0 Å². The van der Waals surface area contributed by atoms with Crippen LogP contribution in [0, 0.1) is 11.8 Å². The zero-order chi connectivity index (χ0) is 25.5. The Hall–Kier alpha value is -3.62. The SMILES string of the molecule is C=CCCC(CF)N(C)c1ccc(-c2c(C#CCCC)c3cc(Cl)ccc3n2-c2ccccn2)nc1. The smallest absolute Gasteiger partial charge is 0.137 e. The number of hydrogen-bond donors (Lipinski definition) is 0. The molecule has 0 radical (unpaired) electrons. The van der Waals surface area contributed by atoms with E-state index >= 15 is 0 Å². The Morgan fingerprint density at radius 3 is 2.72 bits per heavy atom. The lowest BCUT2D eigenvalue weighted by Gasteiger charge is -2.27. The molecule has 0 aliphatic carbocycles. The van der Waals surface area contributed by atoms with Gasteiger partial charge in [-0.2, -0.15) is 0 Å². The van der Waals surface area contributed by atoms with E-state index in [9.17, 15) is 4.39 Å². The van der Waals surface area contributed by atoms with Gasteiger partial charge >= 0.3 is 0 Å². The van der Waals surface area contributed by atoms with Gasteiger partial charge in [-0.3, -0.25) is 9.55 Å². The number of benzene rings is 1. The van der Waals surface area contributed by atoms with E-state index in [2.05, 4.69) is 34.9 Å². The lowest BCUT2D eigenvalue weighted by Crippen LogP contribution is -2.33. The molecule has 0 bridgehead atoms. The van der Waals surface area contributed by atoms with Crippen molar-refractivity contribution in [1.29, 1.82) is 0 Å². The average Bonchev–Trinajstić information content (AvgIpc) is 3.23. The first-order valence-electron chi connectivity index (χ1n) is 12.2. The summed E-state index contributed by atoms with van der Waals surface area (Å²) in [6.45, 7) is 5.43. The first-order chi connectivity index (χ1) is 17.6. The number of pyridine rings is 2. The van der Waals surface area contributed by atoms with Crippen molar-refractivity contribution in [2.24, 2.45) is 0 Å². The summed E-state index contributed by atoms with van der Waals surface area (Å²) in [5.41, 5.74) is 4.30. The fourth-order valence-corrected chi connectivity index (χ4v) is 4.43. The molecule has 6 heteroatoms. The van der Waals surface area contributed by atoms with E-state index in [1.54, 1.807) is 12.4 Å².